The zero-order chi connectivity index (χ0) is 68.4. The third kappa shape index (κ3) is 9.96. The van der Waals surface area contributed by atoms with Gasteiger partial charge >= 0.3 is 18.5 Å². The molecule has 0 unspecified atom stereocenters. The minimum absolute atomic E-state index is 0.129. The highest BCUT2D eigenvalue weighted by Gasteiger charge is 2.41. The molecule has 0 aliphatic rings. The van der Waals surface area contributed by atoms with Crippen molar-refractivity contribution in [3.05, 3.63) is 298 Å². The van der Waals surface area contributed by atoms with E-state index in [1.807, 2.05) is 140 Å². The molecule has 4 heterocycles. The lowest BCUT2D eigenvalue weighted by molar-refractivity contribution is -0.138. The molecule has 0 fully saturated rings. The molecule has 0 atom stereocenters. The van der Waals surface area contributed by atoms with Gasteiger partial charge in [-0.15, -0.1) is 0 Å². The van der Waals surface area contributed by atoms with Crippen LogP contribution in [0.2, 0.25) is 0 Å². The molecule has 12 aromatic carbocycles. The monoisotopic (exact) mass is 1300 g/mol. The van der Waals surface area contributed by atoms with Gasteiger partial charge in [-0.25, -0.2) is 9.69 Å². The zero-order valence-electron chi connectivity index (χ0n) is 52.5. The molecule has 0 saturated heterocycles. The van der Waals surface area contributed by atoms with Crippen molar-refractivity contribution in [2.45, 2.75) is 46.2 Å². The summed E-state index contributed by atoms with van der Waals surface area (Å²) in [6.45, 7) is 23.6. The van der Waals surface area contributed by atoms with E-state index >= 15 is 13.2 Å². The molecule has 16 rings (SSSR count). The van der Waals surface area contributed by atoms with Gasteiger partial charge in [0.05, 0.1) is 102 Å². The number of halogens is 9. The van der Waals surface area contributed by atoms with Crippen LogP contribution >= 0.6 is 0 Å². The Morgan fingerprint density at radius 2 is 0.602 bits per heavy atom. The average Bonchev–Trinajstić information content (AvgIpc) is 1.37. The van der Waals surface area contributed by atoms with Crippen molar-refractivity contribution in [1.29, 1.82) is 5.26 Å². The minimum Gasteiger partial charge on any atom is -0.309 e. The largest absolute Gasteiger partial charge is 0.418 e. The van der Waals surface area contributed by atoms with Gasteiger partial charge in [-0.05, 0) is 136 Å². The highest BCUT2D eigenvalue weighted by Crippen LogP contribution is 2.52. The normalized spacial score (nSPS) is 12.1. The fourth-order valence-electron chi connectivity index (χ4n) is 14.3. The van der Waals surface area contributed by atoms with Gasteiger partial charge in [-0.2, -0.15) is 44.8 Å². The van der Waals surface area contributed by atoms with Crippen molar-refractivity contribution in [2.75, 3.05) is 0 Å². The molecule has 98 heavy (non-hydrogen) atoms. The molecule has 0 aliphatic carbocycles. The first kappa shape index (κ1) is 61.8. The van der Waals surface area contributed by atoms with Gasteiger partial charge in [0.25, 0.3) is 0 Å². The summed E-state index contributed by atoms with van der Waals surface area (Å²) in [7, 11) is 0. The van der Waals surface area contributed by atoms with Crippen molar-refractivity contribution >= 4 is 98.6 Å². The zero-order valence-corrected chi connectivity index (χ0v) is 52.5. The van der Waals surface area contributed by atoms with E-state index in [4.69, 9.17) is 13.1 Å². The van der Waals surface area contributed by atoms with E-state index < -0.39 is 40.8 Å². The van der Waals surface area contributed by atoms with Gasteiger partial charge in [-0.3, -0.25) is 0 Å². The maximum atomic E-state index is 15.5. The molecule has 0 saturated carbocycles. The van der Waals surface area contributed by atoms with E-state index in [1.165, 1.54) is 28.8 Å². The van der Waals surface area contributed by atoms with Crippen molar-refractivity contribution < 1.29 is 39.5 Å². The van der Waals surface area contributed by atoms with Gasteiger partial charge in [0.1, 0.15) is 6.07 Å². The van der Waals surface area contributed by atoms with Gasteiger partial charge in [0.2, 0.25) is 0 Å². The highest BCUT2D eigenvalue weighted by atomic mass is 19.4. The lowest BCUT2D eigenvalue weighted by Crippen LogP contribution is -2.14. The number of para-hydroxylation sites is 4. The van der Waals surface area contributed by atoms with Crippen LogP contribution in [-0.2, 0) is 18.5 Å². The summed E-state index contributed by atoms with van der Waals surface area (Å²) >= 11 is 0. The Balaban J connectivity index is 0.000000160. The summed E-state index contributed by atoms with van der Waals surface area (Å²) < 4.78 is 143. The lowest BCUT2D eigenvalue weighted by atomic mass is 9.93. The number of aryl methyl sites for hydroxylation is 4. The maximum Gasteiger partial charge on any atom is 0.418 e. The van der Waals surface area contributed by atoms with Gasteiger partial charge in [0.15, 0.2) is 11.4 Å². The number of fused-ring (bicyclic) bond motifs is 12. The van der Waals surface area contributed by atoms with Crippen molar-refractivity contribution in [3.8, 4) is 51.1 Å². The Hall–Kier alpha value is -12.3. The van der Waals surface area contributed by atoms with E-state index in [0.29, 0.717) is 44.2 Å². The second-order valence-electron chi connectivity index (χ2n) is 24.5. The predicted molar refractivity (Wildman–Crippen MR) is 372 cm³/mol. The second kappa shape index (κ2) is 23.0. The van der Waals surface area contributed by atoms with Crippen LogP contribution in [0.4, 0.5) is 50.9 Å². The van der Waals surface area contributed by atoms with E-state index in [1.54, 1.807) is 71.3 Å². The Labute approximate surface area is 554 Å². The summed E-state index contributed by atoms with van der Waals surface area (Å²) in [5.41, 5.74) is 5.43. The van der Waals surface area contributed by atoms with Crippen LogP contribution in [0.5, 0.6) is 0 Å². The predicted octanol–water partition coefficient (Wildman–Crippen LogP) is 24.4. The quantitative estimate of drug-likeness (QED) is 0.121. The fourth-order valence-corrected chi connectivity index (χ4v) is 14.3. The smallest absolute Gasteiger partial charge is 0.309 e. The number of rotatable bonds is 6. The molecular weight excluding hydrogens is 1250 g/mol. The number of benzene rings is 12. The first-order valence-corrected chi connectivity index (χ1v) is 31.1. The van der Waals surface area contributed by atoms with E-state index in [9.17, 15) is 31.6 Å². The highest BCUT2D eigenvalue weighted by molar-refractivity contribution is 6.14. The summed E-state index contributed by atoms with van der Waals surface area (Å²) in [5, 5.41) is 17.4. The van der Waals surface area contributed by atoms with Crippen LogP contribution in [0.3, 0.4) is 0 Å². The molecule has 0 bridgehead atoms. The first-order valence-electron chi connectivity index (χ1n) is 31.1. The maximum absolute atomic E-state index is 15.5. The van der Waals surface area contributed by atoms with Gasteiger partial charge < -0.3 is 18.3 Å². The van der Waals surface area contributed by atoms with Crippen LogP contribution in [0.15, 0.2) is 231 Å². The summed E-state index contributed by atoms with van der Waals surface area (Å²) in [5.74, 6) is 0. The Morgan fingerprint density at radius 3 is 0.929 bits per heavy atom. The minimum atomic E-state index is -4.92. The lowest BCUT2D eigenvalue weighted by Gasteiger charge is -2.24. The fraction of sp³-hybridized carbons (Fsp3) is 0.0854. The summed E-state index contributed by atoms with van der Waals surface area (Å²) in [4.78, 5) is 7.06. The number of aromatic nitrogens is 4. The molecule has 0 aliphatic heterocycles. The summed E-state index contributed by atoms with van der Waals surface area (Å²) in [6, 6.07) is 67.3. The second-order valence-corrected chi connectivity index (χ2v) is 24.5. The topological polar surface area (TPSA) is 52.2 Å². The number of nitriles is 1. The third-order valence-corrected chi connectivity index (χ3v) is 18.4. The van der Waals surface area contributed by atoms with Crippen LogP contribution in [-0.4, -0.2) is 18.3 Å². The van der Waals surface area contributed by atoms with Gasteiger partial charge in [-0.1, -0.05) is 156 Å². The number of alkyl halides is 9. The van der Waals surface area contributed by atoms with Crippen LogP contribution in [0.25, 0.3) is 142 Å². The molecule has 4 aromatic heterocycles. The van der Waals surface area contributed by atoms with E-state index in [-0.39, 0.29) is 45.0 Å². The van der Waals surface area contributed by atoms with E-state index in [2.05, 4.69) is 27.9 Å². The van der Waals surface area contributed by atoms with Gasteiger partial charge in [0, 0.05) is 54.2 Å². The Kier molecular flexibility index (Phi) is 14.5. The van der Waals surface area contributed by atoms with Crippen molar-refractivity contribution in [2.24, 2.45) is 0 Å². The molecule has 0 amide bonds. The Morgan fingerprint density at radius 1 is 0.306 bits per heavy atom. The van der Waals surface area contributed by atoms with Crippen molar-refractivity contribution in [3.63, 3.8) is 0 Å². The number of hydrogen-bond donors (Lipinski definition) is 0. The molecular formula is C82H50F9N7. The number of nitrogens with zero attached hydrogens (tertiary/aromatic N) is 7. The third-order valence-electron chi connectivity index (χ3n) is 18.4. The molecule has 0 spiro atoms. The standard InChI is InChI=1S/C41H25F6N3.C41H25F3N4/c1-23-15-17-35-27(19-23)25-9-4-6-13-33(25)49(35)37-22-31(41(45,46)47)38(21-29(37)39-30(40(42,43)44)11-8-12-32(39)48-3)50-34-14-7-5-10-26(34)28-20-24(2)16-18-36(28)50;1-24-15-17-36-29(19-24)27-9-4-6-13-34(27)47(36)38-22-31(40-32(41(42,43)44)11-8-12-33(40)46-3)39(21-26(38)23-45)48-35-14-7-5-10-28(35)30-20-25(2)16-18-37(30)48/h4-22H,1-2H3;4-22H,1-2H3. The van der Waals surface area contributed by atoms with Crippen LogP contribution in [0, 0.1) is 52.2 Å². The molecule has 0 radical (unpaired) electrons. The molecule has 16 aromatic rings. The molecule has 476 valence electrons. The summed E-state index contributed by atoms with van der Waals surface area (Å²) in [6.07, 6.45) is -14.6. The Bertz CT molecular complexity index is 6190. The van der Waals surface area contributed by atoms with Crippen molar-refractivity contribution in [1.82, 2.24) is 18.3 Å². The molecule has 7 nitrogen and oxygen atoms in total. The van der Waals surface area contributed by atoms with E-state index in [0.717, 1.165) is 101 Å². The first-order chi connectivity index (χ1) is 47.1. The molecule has 16 heteroatoms. The number of hydrogen-bond acceptors (Lipinski definition) is 1. The van der Waals surface area contributed by atoms with Crippen LogP contribution < -0.4 is 0 Å². The van der Waals surface area contributed by atoms with Crippen LogP contribution in [0.1, 0.15) is 44.5 Å². The molecule has 0 N–H and O–H groups in total. The average molecular weight is 1300 g/mol. The SMILES string of the molecule is [C-]#[N+]c1cccc(C(F)(F)F)c1-c1cc(-n2c3ccccc3c3cc(C)ccc32)c(C#N)cc1-n1c2ccccc2c2cc(C)ccc21.[C-]#[N+]c1cccc(C(F)(F)F)c1-c1cc(-n2c3ccccc3c3cc(C)ccc32)c(C(F)(F)F)cc1-n1c2ccccc2c2cc(C)ccc21.